The highest BCUT2D eigenvalue weighted by Gasteiger charge is 2.49. The molecule has 1 fully saturated rings. The molecule has 0 bridgehead atoms. The fraction of sp³-hybridized carbons (Fsp3) is 0.333. The van der Waals surface area contributed by atoms with Crippen LogP contribution in [0.15, 0.2) is 42.5 Å². The summed E-state index contributed by atoms with van der Waals surface area (Å²) in [5.41, 5.74) is -1.83. The van der Waals surface area contributed by atoms with Gasteiger partial charge >= 0.3 is 12.0 Å². The smallest absolute Gasteiger partial charge is 0.325 e. The topological polar surface area (TPSA) is 116 Å². The first-order valence-electron chi connectivity index (χ1n) is 9.18. The van der Waals surface area contributed by atoms with E-state index in [1.165, 1.54) is 13.8 Å². The number of benzene rings is 2. The number of urea groups is 1. The fourth-order valence-corrected chi connectivity index (χ4v) is 3.13. The molecular formula is C21H23N3O5. The maximum absolute atomic E-state index is 13.0. The lowest BCUT2D eigenvalue weighted by Gasteiger charge is -2.23. The lowest BCUT2D eigenvalue weighted by molar-refractivity contribution is -0.147. The van der Waals surface area contributed by atoms with E-state index in [2.05, 4.69) is 10.6 Å². The molecule has 3 rings (SSSR count). The summed E-state index contributed by atoms with van der Waals surface area (Å²) in [5, 5.41) is 16.2. The first-order chi connectivity index (χ1) is 13.5. The third-order valence-electron chi connectivity index (χ3n) is 5.21. The zero-order chi connectivity index (χ0) is 21.4. The Morgan fingerprint density at radius 3 is 2.45 bits per heavy atom. The van der Waals surface area contributed by atoms with E-state index in [-0.39, 0.29) is 6.54 Å². The van der Waals surface area contributed by atoms with Crippen molar-refractivity contribution in [2.24, 2.45) is 5.41 Å². The molecule has 0 aliphatic carbocycles. The van der Waals surface area contributed by atoms with Gasteiger partial charge in [0.25, 0.3) is 5.91 Å². The summed E-state index contributed by atoms with van der Waals surface area (Å²) >= 11 is 0. The molecule has 4 amide bonds. The molecule has 152 valence electrons. The largest absolute Gasteiger partial charge is 0.481 e. The van der Waals surface area contributed by atoms with E-state index in [9.17, 15) is 19.2 Å². The molecule has 1 aliphatic heterocycles. The Bertz CT molecular complexity index is 1020. The number of imide groups is 1. The van der Waals surface area contributed by atoms with Gasteiger partial charge in [-0.2, -0.15) is 0 Å². The minimum absolute atomic E-state index is 0.118. The van der Waals surface area contributed by atoms with E-state index in [0.717, 1.165) is 15.7 Å². The van der Waals surface area contributed by atoms with Gasteiger partial charge < -0.3 is 15.7 Å². The predicted molar refractivity (Wildman–Crippen MR) is 106 cm³/mol. The Morgan fingerprint density at radius 1 is 1.14 bits per heavy atom. The second-order valence-corrected chi connectivity index (χ2v) is 7.97. The highest BCUT2D eigenvalue weighted by Crippen LogP contribution is 2.30. The van der Waals surface area contributed by atoms with Crippen LogP contribution in [0.3, 0.4) is 0 Å². The highest BCUT2D eigenvalue weighted by atomic mass is 16.4. The van der Waals surface area contributed by atoms with Crippen LogP contribution in [-0.2, 0) is 19.9 Å². The van der Waals surface area contributed by atoms with Crippen molar-refractivity contribution >= 4 is 34.6 Å². The zero-order valence-electron chi connectivity index (χ0n) is 16.5. The molecule has 0 radical (unpaired) electrons. The standard InChI is InChI=1S/C21H23N3O5/c1-20(2,18(27)28)12-22-16(25)11-24-17(26)21(3,23-19(24)29)15-9-8-13-6-4-5-7-14(13)10-15/h4-10H,11-12H2,1-3H3,(H,22,25)(H,23,29)(H,27,28). The summed E-state index contributed by atoms with van der Waals surface area (Å²) in [5.74, 6) is -2.20. The first kappa shape index (κ1) is 20.3. The molecule has 1 heterocycles. The van der Waals surface area contributed by atoms with Crippen LogP contribution in [0.1, 0.15) is 26.3 Å². The number of nitrogens with one attached hydrogen (secondary N) is 2. The molecule has 0 aromatic heterocycles. The van der Waals surface area contributed by atoms with Gasteiger partial charge in [0.2, 0.25) is 5.91 Å². The van der Waals surface area contributed by atoms with E-state index in [0.29, 0.717) is 5.56 Å². The average molecular weight is 397 g/mol. The van der Waals surface area contributed by atoms with Gasteiger partial charge in [-0.25, -0.2) is 4.79 Å². The fourth-order valence-electron chi connectivity index (χ4n) is 3.13. The van der Waals surface area contributed by atoms with Gasteiger partial charge in [-0.3, -0.25) is 19.3 Å². The van der Waals surface area contributed by atoms with Crippen LogP contribution in [-0.4, -0.2) is 46.9 Å². The average Bonchev–Trinajstić information content (AvgIpc) is 2.90. The summed E-state index contributed by atoms with van der Waals surface area (Å²) in [7, 11) is 0. The number of carbonyl (C=O) groups is 4. The third-order valence-corrected chi connectivity index (χ3v) is 5.21. The van der Waals surface area contributed by atoms with Crippen LogP contribution in [0.25, 0.3) is 10.8 Å². The van der Waals surface area contributed by atoms with Crippen molar-refractivity contribution in [3.05, 3.63) is 48.0 Å². The van der Waals surface area contributed by atoms with Crippen molar-refractivity contribution in [3.8, 4) is 0 Å². The van der Waals surface area contributed by atoms with E-state index in [4.69, 9.17) is 5.11 Å². The number of fused-ring (bicyclic) bond motifs is 1. The molecule has 1 aliphatic rings. The number of hydrogen-bond acceptors (Lipinski definition) is 4. The van der Waals surface area contributed by atoms with Crippen LogP contribution in [0.2, 0.25) is 0 Å². The molecular weight excluding hydrogens is 374 g/mol. The maximum atomic E-state index is 13.0. The Balaban J connectivity index is 1.76. The molecule has 2 aromatic rings. The van der Waals surface area contributed by atoms with Crippen LogP contribution >= 0.6 is 0 Å². The normalized spacial score (nSPS) is 19.3. The van der Waals surface area contributed by atoms with Crippen molar-refractivity contribution in [2.75, 3.05) is 13.1 Å². The molecule has 3 N–H and O–H groups in total. The van der Waals surface area contributed by atoms with Gasteiger partial charge in [0.1, 0.15) is 12.1 Å². The molecule has 8 nitrogen and oxygen atoms in total. The summed E-state index contributed by atoms with van der Waals surface area (Å²) in [6.45, 7) is 3.94. The summed E-state index contributed by atoms with van der Waals surface area (Å²) < 4.78 is 0. The highest BCUT2D eigenvalue weighted by molar-refractivity contribution is 6.09. The van der Waals surface area contributed by atoms with E-state index in [1.54, 1.807) is 13.0 Å². The van der Waals surface area contributed by atoms with Gasteiger partial charge in [0.15, 0.2) is 0 Å². The number of carbonyl (C=O) groups excluding carboxylic acids is 3. The zero-order valence-corrected chi connectivity index (χ0v) is 16.5. The minimum atomic E-state index is -1.29. The van der Waals surface area contributed by atoms with Crippen molar-refractivity contribution in [1.29, 1.82) is 0 Å². The number of amides is 4. The van der Waals surface area contributed by atoms with Crippen molar-refractivity contribution in [1.82, 2.24) is 15.5 Å². The predicted octanol–water partition coefficient (Wildman–Crippen LogP) is 1.83. The third kappa shape index (κ3) is 3.78. The Labute approximate surface area is 167 Å². The van der Waals surface area contributed by atoms with Crippen molar-refractivity contribution in [2.45, 2.75) is 26.3 Å². The van der Waals surface area contributed by atoms with E-state index < -0.39 is 41.3 Å². The van der Waals surface area contributed by atoms with Crippen molar-refractivity contribution in [3.63, 3.8) is 0 Å². The van der Waals surface area contributed by atoms with E-state index in [1.807, 2.05) is 36.4 Å². The van der Waals surface area contributed by atoms with E-state index >= 15 is 0 Å². The lowest BCUT2D eigenvalue weighted by Crippen LogP contribution is -2.46. The molecule has 1 saturated heterocycles. The minimum Gasteiger partial charge on any atom is -0.481 e. The molecule has 8 heteroatoms. The second-order valence-electron chi connectivity index (χ2n) is 7.97. The van der Waals surface area contributed by atoms with Gasteiger partial charge in [0.05, 0.1) is 5.41 Å². The SMILES string of the molecule is CC(C)(CNC(=O)CN1C(=O)NC(C)(c2ccc3ccccc3c2)C1=O)C(=O)O. The molecule has 1 atom stereocenters. The quantitative estimate of drug-likeness (QED) is 0.643. The number of hydrogen-bond donors (Lipinski definition) is 3. The molecule has 29 heavy (non-hydrogen) atoms. The number of nitrogens with zero attached hydrogens (tertiary/aromatic N) is 1. The lowest BCUT2D eigenvalue weighted by atomic mass is 9.90. The monoisotopic (exact) mass is 397 g/mol. The first-order valence-corrected chi connectivity index (χ1v) is 9.18. The molecule has 1 unspecified atom stereocenters. The maximum Gasteiger partial charge on any atom is 0.325 e. The summed E-state index contributed by atoms with van der Waals surface area (Å²) in [6, 6.07) is 12.5. The summed E-state index contributed by atoms with van der Waals surface area (Å²) in [6.07, 6.45) is 0. The number of aliphatic carboxylic acids is 1. The van der Waals surface area contributed by atoms with Crippen LogP contribution < -0.4 is 10.6 Å². The number of carboxylic acids is 1. The Hall–Kier alpha value is -3.42. The van der Waals surface area contributed by atoms with Gasteiger partial charge in [-0.05, 0) is 43.2 Å². The second kappa shape index (κ2) is 7.20. The van der Waals surface area contributed by atoms with Crippen molar-refractivity contribution < 1.29 is 24.3 Å². The van der Waals surface area contributed by atoms with Gasteiger partial charge in [-0.15, -0.1) is 0 Å². The van der Waals surface area contributed by atoms with Gasteiger partial charge in [-0.1, -0.05) is 36.4 Å². The number of rotatable bonds is 6. The van der Waals surface area contributed by atoms with Crippen LogP contribution in [0, 0.1) is 5.41 Å². The summed E-state index contributed by atoms with van der Waals surface area (Å²) in [4.78, 5) is 49.6. The molecule has 2 aromatic carbocycles. The molecule has 0 spiro atoms. The number of carboxylic acid groups (broad SMARTS) is 1. The van der Waals surface area contributed by atoms with Crippen LogP contribution in [0.5, 0.6) is 0 Å². The molecule has 0 saturated carbocycles. The van der Waals surface area contributed by atoms with Crippen LogP contribution in [0.4, 0.5) is 4.79 Å². The Kier molecular flexibility index (Phi) is 5.04. The van der Waals surface area contributed by atoms with Gasteiger partial charge in [0, 0.05) is 6.54 Å². The Morgan fingerprint density at radius 2 is 1.79 bits per heavy atom.